The Kier molecular flexibility index (Phi) is 7.22. The summed E-state index contributed by atoms with van der Waals surface area (Å²) in [6, 6.07) is 7.34. The third-order valence-corrected chi connectivity index (χ3v) is 4.97. The van der Waals surface area contributed by atoms with E-state index in [0.717, 1.165) is 16.7 Å². The second-order valence-electron chi connectivity index (χ2n) is 7.12. The van der Waals surface area contributed by atoms with E-state index in [9.17, 15) is 18.4 Å². The molecule has 0 aliphatic carbocycles. The molecule has 32 heavy (non-hydrogen) atoms. The molecule has 0 aliphatic heterocycles. The lowest BCUT2D eigenvalue weighted by Crippen LogP contribution is -2.35. The molecule has 0 spiro atoms. The molecule has 10 heteroatoms. The highest BCUT2D eigenvalue weighted by Gasteiger charge is 2.16. The molecule has 1 amide bonds. The molecule has 0 saturated carbocycles. The van der Waals surface area contributed by atoms with Gasteiger partial charge in [0.15, 0.2) is 5.02 Å². The molecule has 1 aromatic heterocycles. The second-order valence-corrected chi connectivity index (χ2v) is 7.50. The van der Waals surface area contributed by atoms with Crippen molar-refractivity contribution >= 4 is 17.5 Å². The Labute approximate surface area is 187 Å². The molecule has 2 aromatic carbocycles. The maximum atomic E-state index is 13.8. The summed E-state index contributed by atoms with van der Waals surface area (Å²) < 4.78 is 33.3. The monoisotopic (exact) mass is 463 g/mol. The van der Waals surface area contributed by atoms with Crippen molar-refractivity contribution in [2.24, 2.45) is 0 Å². The van der Waals surface area contributed by atoms with Crippen LogP contribution in [0.3, 0.4) is 0 Å². The Bertz CT molecular complexity index is 1220. The molecule has 3 aromatic rings. The normalized spacial score (nSPS) is 11.8. The van der Waals surface area contributed by atoms with E-state index in [1.807, 2.05) is 0 Å². The van der Waals surface area contributed by atoms with Gasteiger partial charge in [0.25, 0.3) is 11.5 Å². The standard InChI is InChI=1S/C22H20ClF2N3O4/c1-12-3-4-14(20(30)27-13(2)9-29)7-18(12)28-11-26-21(19(23)22(28)31)32-10-15-5-6-16(24)8-17(15)25/h3-8,11,13,29H,9-10H2,1-2H3,(H,27,30)/t13-/m1/s1. The van der Waals surface area contributed by atoms with Crippen molar-refractivity contribution in [3.63, 3.8) is 0 Å². The summed E-state index contributed by atoms with van der Waals surface area (Å²) in [5.41, 5.74) is 0.755. The molecule has 0 unspecified atom stereocenters. The van der Waals surface area contributed by atoms with Crippen LogP contribution in [0.4, 0.5) is 8.78 Å². The lowest BCUT2D eigenvalue weighted by molar-refractivity contribution is 0.0922. The first kappa shape index (κ1) is 23.4. The Hall–Kier alpha value is -3.30. The second kappa shape index (κ2) is 9.88. The fourth-order valence-electron chi connectivity index (χ4n) is 2.84. The third-order valence-electron chi connectivity index (χ3n) is 4.65. The summed E-state index contributed by atoms with van der Waals surface area (Å²) in [5, 5.41) is 11.4. The Morgan fingerprint density at radius 1 is 1.28 bits per heavy atom. The first-order valence-electron chi connectivity index (χ1n) is 9.58. The molecular weight excluding hydrogens is 444 g/mol. The topological polar surface area (TPSA) is 93.5 Å². The van der Waals surface area contributed by atoms with Gasteiger partial charge in [-0.2, -0.15) is 0 Å². The molecule has 0 fully saturated rings. The van der Waals surface area contributed by atoms with E-state index in [4.69, 9.17) is 21.4 Å². The van der Waals surface area contributed by atoms with Crippen molar-refractivity contribution < 1.29 is 23.4 Å². The van der Waals surface area contributed by atoms with Crippen LogP contribution < -0.4 is 15.6 Å². The number of halogens is 3. The van der Waals surface area contributed by atoms with E-state index in [-0.39, 0.29) is 35.2 Å². The van der Waals surface area contributed by atoms with Gasteiger partial charge in [0, 0.05) is 23.2 Å². The minimum absolute atomic E-state index is 0.0695. The number of hydrogen-bond acceptors (Lipinski definition) is 5. The molecule has 0 bridgehead atoms. The third kappa shape index (κ3) is 5.12. The Morgan fingerprint density at radius 2 is 2.03 bits per heavy atom. The van der Waals surface area contributed by atoms with E-state index in [1.165, 1.54) is 18.5 Å². The van der Waals surface area contributed by atoms with Crippen LogP contribution in [0.2, 0.25) is 5.02 Å². The lowest BCUT2D eigenvalue weighted by Gasteiger charge is -2.14. The van der Waals surface area contributed by atoms with Crippen LogP contribution in [0, 0.1) is 18.6 Å². The summed E-state index contributed by atoms with van der Waals surface area (Å²) in [5.74, 6) is -2.14. The smallest absolute Gasteiger partial charge is 0.280 e. The lowest BCUT2D eigenvalue weighted by atomic mass is 10.1. The van der Waals surface area contributed by atoms with Crippen LogP contribution in [-0.2, 0) is 6.61 Å². The highest BCUT2D eigenvalue weighted by molar-refractivity contribution is 6.31. The summed E-state index contributed by atoms with van der Waals surface area (Å²) in [4.78, 5) is 29.2. The zero-order valence-electron chi connectivity index (χ0n) is 17.2. The van der Waals surface area contributed by atoms with Crippen molar-refractivity contribution in [1.29, 1.82) is 0 Å². The van der Waals surface area contributed by atoms with Gasteiger partial charge in [-0.25, -0.2) is 13.8 Å². The summed E-state index contributed by atoms with van der Waals surface area (Å²) in [7, 11) is 0. The van der Waals surface area contributed by atoms with E-state index < -0.39 is 29.1 Å². The first-order chi connectivity index (χ1) is 15.2. The van der Waals surface area contributed by atoms with Gasteiger partial charge in [-0.1, -0.05) is 17.7 Å². The van der Waals surface area contributed by atoms with E-state index in [2.05, 4.69) is 10.3 Å². The maximum Gasteiger partial charge on any atom is 0.280 e. The molecule has 2 N–H and O–H groups in total. The van der Waals surface area contributed by atoms with Gasteiger partial charge in [0.1, 0.15) is 24.6 Å². The maximum absolute atomic E-state index is 13.8. The molecule has 168 valence electrons. The zero-order chi connectivity index (χ0) is 23.4. The van der Waals surface area contributed by atoms with Crippen LogP contribution in [0.15, 0.2) is 47.5 Å². The van der Waals surface area contributed by atoms with Crippen molar-refractivity contribution in [3.05, 3.63) is 86.4 Å². The number of nitrogens with zero attached hydrogens (tertiary/aromatic N) is 2. The minimum Gasteiger partial charge on any atom is -0.471 e. The van der Waals surface area contributed by atoms with Gasteiger partial charge < -0.3 is 15.2 Å². The largest absolute Gasteiger partial charge is 0.471 e. The number of benzene rings is 2. The van der Waals surface area contributed by atoms with Gasteiger partial charge in [-0.05, 0) is 43.7 Å². The van der Waals surface area contributed by atoms with Crippen LogP contribution >= 0.6 is 11.6 Å². The molecule has 0 radical (unpaired) electrons. The molecule has 3 rings (SSSR count). The number of amides is 1. The molecule has 7 nitrogen and oxygen atoms in total. The van der Waals surface area contributed by atoms with E-state index >= 15 is 0 Å². The average Bonchev–Trinajstić information content (AvgIpc) is 2.76. The number of ether oxygens (including phenoxy) is 1. The van der Waals surface area contributed by atoms with Gasteiger partial charge >= 0.3 is 0 Å². The molecule has 0 saturated heterocycles. The van der Waals surface area contributed by atoms with Crippen LogP contribution in [-0.4, -0.2) is 33.2 Å². The van der Waals surface area contributed by atoms with Gasteiger partial charge in [0.2, 0.25) is 5.88 Å². The number of aliphatic hydroxyl groups is 1. The highest BCUT2D eigenvalue weighted by atomic mass is 35.5. The van der Waals surface area contributed by atoms with Crippen molar-refractivity contribution in [3.8, 4) is 11.6 Å². The Morgan fingerprint density at radius 3 is 2.72 bits per heavy atom. The SMILES string of the molecule is Cc1ccc(C(=O)N[C@H](C)CO)cc1-n1cnc(OCc2ccc(F)cc2F)c(Cl)c1=O. The number of hydrogen-bond donors (Lipinski definition) is 2. The predicted octanol–water partition coefficient (Wildman–Crippen LogP) is 3.16. The summed E-state index contributed by atoms with van der Waals surface area (Å²) >= 11 is 6.14. The number of carbonyl (C=O) groups is 1. The number of rotatable bonds is 7. The van der Waals surface area contributed by atoms with Gasteiger partial charge in [-0.3, -0.25) is 14.2 Å². The number of aryl methyl sites for hydroxylation is 1. The first-order valence-corrected chi connectivity index (χ1v) is 9.95. The molecule has 1 heterocycles. The highest BCUT2D eigenvalue weighted by Crippen LogP contribution is 2.22. The minimum atomic E-state index is -0.796. The summed E-state index contributed by atoms with van der Waals surface area (Å²) in [6.07, 6.45) is 1.19. The van der Waals surface area contributed by atoms with Gasteiger partial charge in [-0.15, -0.1) is 0 Å². The summed E-state index contributed by atoms with van der Waals surface area (Å²) in [6.45, 7) is 2.87. The molecule has 1 atom stereocenters. The van der Waals surface area contributed by atoms with E-state index in [0.29, 0.717) is 11.3 Å². The predicted molar refractivity (Wildman–Crippen MR) is 114 cm³/mol. The fraction of sp³-hybridized carbons (Fsp3) is 0.227. The number of aromatic nitrogens is 2. The van der Waals surface area contributed by atoms with Crippen LogP contribution in [0.5, 0.6) is 5.88 Å². The zero-order valence-corrected chi connectivity index (χ0v) is 18.0. The van der Waals surface area contributed by atoms with E-state index in [1.54, 1.807) is 26.0 Å². The fourth-order valence-corrected chi connectivity index (χ4v) is 3.03. The average molecular weight is 464 g/mol. The quantitative estimate of drug-likeness (QED) is 0.561. The molecular formula is C22H20ClF2N3O4. The number of nitrogens with one attached hydrogen (secondary N) is 1. The van der Waals surface area contributed by atoms with Crippen LogP contribution in [0.1, 0.15) is 28.4 Å². The van der Waals surface area contributed by atoms with Crippen molar-refractivity contribution in [2.75, 3.05) is 6.61 Å². The Balaban J connectivity index is 1.88. The number of aliphatic hydroxyl groups excluding tert-OH is 1. The molecule has 0 aliphatic rings. The van der Waals surface area contributed by atoms with Crippen LogP contribution in [0.25, 0.3) is 5.69 Å². The van der Waals surface area contributed by atoms with Crippen molar-refractivity contribution in [2.45, 2.75) is 26.5 Å². The van der Waals surface area contributed by atoms with Gasteiger partial charge in [0.05, 0.1) is 12.3 Å². The number of carbonyl (C=O) groups excluding carboxylic acids is 1. The van der Waals surface area contributed by atoms with Crippen molar-refractivity contribution in [1.82, 2.24) is 14.9 Å².